The normalized spacial score (nSPS) is 11.5. The first-order valence-electron chi connectivity index (χ1n) is 9.35. The maximum atomic E-state index is 12.8. The van der Waals surface area contributed by atoms with Crippen LogP contribution < -0.4 is 14.9 Å². The molecule has 4 nitrogen and oxygen atoms in total. The fourth-order valence-corrected chi connectivity index (χ4v) is 2.67. The van der Waals surface area contributed by atoms with E-state index in [1.54, 1.807) is 18.2 Å². The van der Waals surface area contributed by atoms with Gasteiger partial charge in [-0.15, -0.1) is 0 Å². The van der Waals surface area contributed by atoms with Gasteiger partial charge in [0.15, 0.2) is 11.5 Å². The van der Waals surface area contributed by atoms with E-state index in [0.717, 1.165) is 17.7 Å². The van der Waals surface area contributed by atoms with E-state index in [9.17, 15) is 13.2 Å². The van der Waals surface area contributed by atoms with E-state index >= 15 is 0 Å². The van der Waals surface area contributed by atoms with Gasteiger partial charge in [0.25, 0.3) is 0 Å². The zero-order valence-electron chi connectivity index (χ0n) is 16.3. The number of benzene rings is 3. The van der Waals surface area contributed by atoms with Gasteiger partial charge in [-0.25, -0.2) is 0 Å². The molecule has 0 bridgehead atoms. The van der Waals surface area contributed by atoms with E-state index in [0.29, 0.717) is 30.3 Å². The average Bonchev–Trinajstić information content (AvgIpc) is 2.74. The van der Waals surface area contributed by atoms with Crippen LogP contribution in [0.5, 0.6) is 11.5 Å². The second kappa shape index (κ2) is 9.82. The number of anilines is 1. The molecular weight excluding hydrogens is 393 g/mol. The zero-order chi connectivity index (χ0) is 21.4. The molecule has 0 amide bonds. The van der Waals surface area contributed by atoms with Crippen LogP contribution in [0.25, 0.3) is 0 Å². The predicted molar refractivity (Wildman–Crippen MR) is 111 cm³/mol. The molecule has 3 aromatic rings. The SMILES string of the molecule is CCOc1cc(C=NNc2cccc(C(F)(F)F)c2)ccc1OCc1ccccc1. The van der Waals surface area contributed by atoms with Crippen molar-refractivity contribution in [2.75, 3.05) is 12.0 Å². The fraction of sp³-hybridized carbons (Fsp3) is 0.174. The molecule has 0 aliphatic carbocycles. The summed E-state index contributed by atoms with van der Waals surface area (Å²) in [4.78, 5) is 0. The Bertz CT molecular complexity index is 989. The first-order chi connectivity index (χ1) is 14.5. The number of nitrogens with one attached hydrogen (secondary N) is 1. The van der Waals surface area contributed by atoms with Crippen molar-refractivity contribution in [1.29, 1.82) is 0 Å². The molecule has 3 rings (SSSR count). The van der Waals surface area contributed by atoms with Crippen molar-refractivity contribution in [3.8, 4) is 11.5 Å². The number of hydrazone groups is 1. The summed E-state index contributed by atoms with van der Waals surface area (Å²) in [6.45, 7) is 2.74. The van der Waals surface area contributed by atoms with E-state index in [2.05, 4.69) is 10.5 Å². The van der Waals surface area contributed by atoms with E-state index in [-0.39, 0.29) is 5.69 Å². The Labute approximate surface area is 173 Å². The van der Waals surface area contributed by atoms with Gasteiger partial charge in [0.2, 0.25) is 0 Å². The minimum atomic E-state index is -4.40. The number of halogens is 3. The number of nitrogens with zero attached hydrogens (tertiary/aromatic N) is 1. The molecule has 0 spiro atoms. The van der Waals surface area contributed by atoms with Gasteiger partial charge in [-0.2, -0.15) is 18.3 Å². The van der Waals surface area contributed by atoms with E-state index in [1.165, 1.54) is 18.3 Å². The van der Waals surface area contributed by atoms with Crippen LogP contribution in [-0.4, -0.2) is 12.8 Å². The van der Waals surface area contributed by atoms with E-state index in [4.69, 9.17) is 9.47 Å². The smallest absolute Gasteiger partial charge is 0.416 e. The van der Waals surface area contributed by atoms with Crippen molar-refractivity contribution in [1.82, 2.24) is 0 Å². The third kappa shape index (κ3) is 6.01. The number of rotatable bonds is 8. The van der Waals surface area contributed by atoms with Gasteiger partial charge in [0, 0.05) is 0 Å². The van der Waals surface area contributed by atoms with Gasteiger partial charge in [0.05, 0.1) is 24.1 Å². The lowest BCUT2D eigenvalue weighted by Gasteiger charge is -2.12. The minimum absolute atomic E-state index is 0.244. The molecule has 0 heterocycles. The fourth-order valence-electron chi connectivity index (χ4n) is 2.67. The van der Waals surface area contributed by atoms with Gasteiger partial charge < -0.3 is 9.47 Å². The Morgan fingerprint density at radius 3 is 2.43 bits per heavy atom. The van der Waals surface area contributed by atoms with Crippen molar-refractivity contribution < 1.29 is 22.6 Å². The van der Waals surface area contributed by atoms with E-state index < -0.39 is 11.7 Å². The molecule has 30 heavy (non-hydrogen) atoms. The lowest BCUT2D eigenvalue weighted by molar-refractivity contribution is -0.137. The summed E-state index contributed by atoms with van der Waals surface area (Å²) in [6.07, 6.45) is -2.90. The third-order valence-electron chi connectivity index (χ3n) is 4.10. The molecule has 0 atom stereocenters. The summed E-state index contributed by atoms with van der Waals surface area (Å²) >= 11 is 0. The Morgan fingerprint density at radius 1 is 0.900 bits per heavy atom. The molecule has 0 radical (unpaired) electrons. The quantitative estimate of drug-likeness (QED) is 0.356. The van der Waals surface area contributed by atoms with Crippen LogP contribution in [0.4, 0.5) is 18.9 Å². The highest BCUT2D eigenvalue weighted by Crippen LogP contribution is 2.31. The molecule has 7 heteroatoms. The Kier molecular flexibility index (Phi) is 6.95. The largest absolute Gasteiger partial charge is 0.490 e. The van der Waals surface area contributed by atoms with Crippen LogP contribution in [-0.2, 0) is 12.8 Å². The van der Waals surface area contributed by atoms with Crippen LogP contribution in [0.15, 0.2) is 77.9 Å². The van der Waals surface area contributed by atoms with Crippen molar-refractivity contribution in [3.63, 3.8) is 0 Å². The maximum absolute atomic E-state index is 12.8. The Hall–Kier alpha value is -3.48. The highest BCUT2D eigenvalue weighted by Gasteiger charge is 2.30. The molecule has 0 aromatic heterocycles. The first kappa shape index (κ1) is 21.2. The minimum Gasteiger partial charge on any atom is -0.490 e. The molecule has 0 fully saturated rings. The molecule has 0 unspecified atom stereocenters. The van der Waals surface area contributed by atoms with Gasteiger partial charge in [-0.1, -0.05) is 36.4 Å². The number of hydrogen-bond acceptors (Lipinski definition) is 4. The maximum Gasteiger partial charge on any atom is 0.416 e. The lowest BCUT2D eigenvalue weighted by atomic mass is 10.2. The molecule has 0 aliphatic heterocycles. The highest BCUT2D eigenvalue weighted by molar-refractivity contribution is 5.81. The predicted octanol–water partition coefficient (Wildman–Crippen LogP) is 6.13. The number of ether oxygens (including phenoxy) is 2. The van der Waals surface area contributed by atoms with Crippen LogP contribution >= 0.6 is 0 Å². The molecule has 156 valence electrons. The summed E-state index contributed by atoms with van der Waals surface area (Å²) in [6, 6.07) is 20.0. The molecule has 3 aromatic carbocycles. The van der Waals surface area contributed by atoms with E-state index in [1.807, 2.05) is 37.3 Å². The second-order valence-electron chi connectivity index (χ2n) is 6.36. The summed E-state index contributed by atoms with van der Waals surface area (Å²) in [5, 5.41) is 4.02. The average molecular weight is 414 g/mol. The Morgan fingerprint density at radius 2 is 1.70 bits per heavy atom. The van der Waals surface area contributed by atoms with Crippen LogP contribution in [0.2, 0.25) is 0 Å². The van der Waals surface area contributed by atoms with Crippen molar-refractivity contribution in [2.24, 2.45) is 5.10 Å². The molecular formula is C23H21F3N2O2. The first-order valence-corrected chi connectivity index (χ1v) is 9.35. The zero-order valence-corrected chi connectivity index (χ0v) is 16.3. The second-order valence-corrected chi connectivity index (χ2v) is 6.36. The molecule has 0 saturated heterocycles. The highest BCUT2D eigenvalue weighted by atomic mass is 19.4. The number of hydrogen-bond donors (Lipinski definition) is 1. The van der Waals surface area contributed by atoms with Crippen molar-refractivity contribution >= 4 is 11.9 Å². The third-order valence-corrected chi connectivity index (χ3v) is 4.10. The molecule has 1 N–H and O–H groups in total. The van der Waals surface area contributed by atoms with Crippen LogP contribution in [0.3, 0.4) is 0 Å². The summed E-state index contributed by atoms with van der Waals surface area (Å²) < 4.78 is 49.9. The lowest BCUT2D eigenvalue weighted by Crippen LogP contribution is -2.05. The summed E-state index contributed by atoms with van der Waals surface area (Å²) in [5.41, 5.74) is 3.88. The van der Waals surface area contributed by atoms with Gasteiger partial charge in [-0.05, 0) is 54.4 Å². The van der Waals surface area contributed by atoms with Gasteiger partial charge in [0.1, 0.15) is 6.61 Å². The summed E-state index contributed by atoms with van der Waals surface area (Å²) in [7, 11) is 0. The van der Waals surface area contributed by atoms with Gasteiger partial charge >= 0.3 is 6.18 Å². The molecule has 0 saturated carbocycles. The summed E-state index contributed by atoms with van der Waals surface area (Å²) in [5.74, 6) is 1.17. The van der Waals surface area contributed by atoms with Crippen LogP contribution in [0.1, 0.15) is 23.6 Å². The monoisotopic (exact) mass is 414 g/mol. The topological polar surface area (TPSA) is 42.8 Å². The van der Waals surface area contributed by atoms with Crippen molar-refractivity contribution in [2.45, 2.75) is 19.7 Å². The Balaban J connectivity index is 1.68. The van der Waals surface area contributed by atoms with Crippen LogP contribution in [0, 0.1) is 0 Å². The number of alkyl halides is 3. The standard InChI is InChI=1S/C23H21F3N2O2/c1-2-29-22-13-18(11-12-21(22)30-16-17-7-4-3-5-8-17)15-27-28-20-10-6-9-19(14-20)23(24,25)26/h3-15,28H,2,16H2,1H3. The van der Waals surface area contributed by atoms with Gasteiger partial charge in [-0.3, -0.25) is 5.43 Å². The van der Waals surface area contributed by atoms with Crippen molar-refractivity contribution in [3.05, 3.63) is 89.5 Å². The molecule has 0 aliphatic rings.